The third-order valence-electron chi connectivity index (χ3n) is 3.88. The van der Waals surface area contributed by atoms with E-state index < -0.39 is 0 Å². The predicted octanol–water partition coefficient (Wildman–Crippen LogP) is 4.73. The minimum Gasteiger partial charge on any atom is -0.385 e. The minimum absolute atomic E-state index is 0.324. The standard InChI is InChI=1S/C20H23N5O/c1-2-3-13-21-16-9-11-17(12-10-16)23-20(26)24-19-14-25(15-22-19)18-7-5-4-6-8-18/h4-12,14-15,21H,2-3,13H2,1H3,(H2,23,24,26). The molecule has 2 aromatic carbocycles. The third kappa shape index (κ3) is 4.86. The van der Waals surface area contributed by atoms with Gasteiger partial charge in [0.1, 0.15) is 6.33 Å². The van der Waals surface area contributed by atoms with E-state index in [0.29, 0.717) is 5.82 Å². The summed E-state index contributed by atoms with van der Waals surface area (Å²) in [6.07, 6.45) is 5.74. The monoisotopic (exact) mass is 349 g/mol. The van der Waals surface area contributed by atoms with Crippen molar-refractivity contribution in [3.63, 3.8) is 0 Å². The molecule has 6 nitrogen and oxygen atoms in total. The van der Waals surface area contributed by atoms with Gasteiger partial charge < -0.3 is 15.2 Å². The number of rotatable bonds is 7. The number of aromatic nitrogens is 2. The molecule has 3 N–H and O–H groups in total. The van der Waals surface area contributed by atoms with Crippen LogP contribution in [0.2, 0.25) is 0 Å². The molecule has 0 fully saturated rings. The zero-order chi connectivity index (χ0) is 18.2. The fraction of sp³-hybridized carbons (Fsp3) is 0.200. The lowest BCUT2D eigenvalue weighted by molar-refractivity contribution is 0.262. The van der Waals surface area contributed by atoms with E-state index in [4.69, 9.17) is 0 Å². The van der Waals surface area contributed by atoms with Crippen LogP contribution in [0.1, 0.15) is 19.8 Å². The van der Waals surface area contributed by atoms with Gasteiger partial charge in [0.15, 0.2) is 5.82 Å². The maximum Gasteiger partial charge on any atom is 0.324 e. The Morgan fingerprint density at radius 2 is 1.73 bits per heavy atom. The molecule has 1 aromatic heterocycles. The maximum absolute atomic E-state index is 12.1. The highest BCUT2D eigenvalue weighted by atomic mass is 16.2. The average Bonchev–Trinajstić information content (AvgIpc) is 3.12. The summed E-state index contributed by atoms with van der Waals surface area (Å²) in [4.78, 5) is 16.3. The highest BCUT2D eigenvalue weighted by Gasteiger charge is 2.06. The number of carbonyl (C=O) groups excluding carboxylic acids is 1. The number of benzene rings is 2. The van der Waals surface area contributed by atoms with Crippen molar-refractivity contribution in [3.05, 3.63) is 67.1 Å². The Hall–Kier alpha value is -3.28. The summed E-state index contributed by atoms with van der Waals surface area (Å²) >= 11 is 0. The lowest BCUT2D eigenvalue weighted by Crippen LogP contribution is -2.19. The SMILES string of the molecule is CCCCNc1ccc(NC(=O)Nc2cn(-c3ccccc3)cn2)cc1. The third-order valence-corrected chi connectivity index (χ3v) is 3.88. The Morgan fingerprint density at radius 3 is 2.46 bits per heavy atom. The Kier molecular flexibility index (Phi) is 5.88. The first kappa shape index (κ1) is 17.5. The Morgan fingerprint density at radius 1 is 1.00 bits per heavy atom. The molecule has 6 heteroatoms. The van der Waals surface area contributed by atoms with Crippen molar-refractivity contribution in [2.24, 2.45) is 0 Å². The number of amides is 2. The van der Waals surface area contributed by atoms with Crippen LogP contribution in [0, 0.1) is 0 Å². The fourth-order valence-electron chi connectivity index (χ4n) is 2.49. The van der Waals surface area contributed by atoms with Crippen LogP contribution < -0.4 is 16.0 Å². The van der Waals surface area contributed by atoms with E-state index in [0.717, 1.165) is 36.4 Å². The largest absolute Gasteiger partial charge is 0.385 e. The summed E-state index contributed by atoms with van der Waals surface area (Å²) in [5, 5.41) is 8.89. The maximum atomic E-state index is 12.1. The second kappa shape index (κ2) is 8.71. The molecule has 0 radical (unpaired) electrons. The number of anilines is 3. The number of hydrogen-bond donors (Lipinski definition) is 3. The summed E-state index contributed by atoms with van der Waals surface area (Å²) < 4.78 is 1.85. The molecule has 0 aliphatic carbocycles. The van der Waals surface area contributed by atoms with Crippen LogP contribution in [-0.2, 0) is 0 Å². The molecule has 0 aliphatic heterocycles. The van der Waals surface area contributed by atoms with Gasteiger partial charge in [0.05, 0.1) is 6.20 Å². The average molecular weight is 349 g/mol. The molecule has 2 amide bonds. The number of nitrogens with zero attached hydrogens (tertiary/aromatic N) is 2. The summed E-state index contributed by atoms with van der Waals surface area (Å²) in [6.45, 7) is 3.12. The van der Waals surface area contributed by atoms with Crippen molar-refractivity contribution in [1.29, 1.82) is 0 Å². The fourth-order valence-corrected chi connectivity index (χ4v) is 2.49. The van der Waals surface area contributed by atoms with Crippen LogP contribution in [0.25, 0.3) is 5.69 Å². The highest BCUT2D eigenvalue weighted by Crippen LogP contribution is 2.15. The smallest absolute Gasteiger partial charge is 0.324 e. The van der Waals surface area contributed by atoms with Gasteiger partial charge in [-0.15, -0.1) is 0 Å². The molecule has 0 spiro atoms. The van der Waals surface area contributed by atoms with Crippen LogP contribution >= 0.6 is 0 Å². The molecular formula is C20H23N5O. The normalized spacial score (nSPS) is 10.3. The molecule has 1 heterocycles. The number of para-hydroxylation sites is 1. The predicted molar refractivity (Wildman–Crippen MR) is 106 cm³/mol. The lowest BCUT2D eigenvalue weighted by atomic mass is 10.2. The van der Waals surface area contributed by atoms with E-state index in [1.54, 1.807) is 12.5 Å². The van der Waals surface area contributed by atoms with Gasteiger partial charge in [0.25, 0.3) is 0 Å². The second-order valence-corrected chi connectivity index (χ2v) is 5.94. The van der Waals surface area contributed by atoms with Crippen LogP contribution in [-0.4, -0.2) is 22.1 Å². The topological polar surface area (TPSA) is 71.0 Å². The van der Waals surface area contributed by atoms with E-state index in [9.17, 15) is 4.79 Å². The van der Waals surface area contributed by atoms with Crippen LogP contribution in [0.15, 0.2) is 67.1 Å². The molecule has 134 valence electrons. The van der Waals surface area contributed by atoms with Crippen LogP contribution in [0.3, 0.4) is 0 Å². The van der Waals surface area contributed by atoms with Crippen molar-refractivity contribution >= 4 is 23.2 Å². The van der Waals surface area contributed by atoms with Crippen molar-refractivity contribution in [1.82, 2.24) is 9.55 Å². The van der Waals surface area contributed by atoms with Gasteiger partial charge in [-0.05, 0) is 42.8 Å². The molecule has 0 saturated heterocycles. The molecular weight excluding hydrogens is 326 g/mol. The van der Waals surface area contributed by atoms with E-state index in [-0.39, 0.29) is 6.03 Å². The number of carbonyl (C=O) groups is 1. The molecule has 0 aliphatic rings. The molecule has 0 saturated carbocycles. The molecule has 0 unspecified atom stereocenters. The van der Waals surface area contributed by atoms with Gasteiger partial charge in [-0.2, -0.15) is 0 Å². The summed E-state index contributed by atoms with van der Waals surface area (Å²) in [6, 6.07) is 17.1. The second-order valence-electron chi connectivity index (χ2n) is 5.94. The number of imidazole rings is 1. The van der Waals surface area contributed by atoms with Gasteiger partial charge in [-0.1, -0.05) is 31.5 Å². The minimum atomic E-state index is -0.324. The Labute approximate surface area is 153 Å². The van der Waals surface area contributed by atoms with Gasteiger partial charge in [-0.3, -0.25) is 5.32 Å². The number of urea groups is 1. The Bertz CT molecular complexity index is 827. The number of nitrogens with one attached hydrogen (secondary N) is 3. The highest BCUT2D eigenvalue weighted by molar-refractivity contribution is 5.99. The van der Waals surface area contributed by atoms with Gasteiger partial charge >= 0.3 is 6.03 Å². The van der Waals surface area contributed by atoms with Crippen molar-refractivity contribution in [2.75, 3.05) is 22.5 Å². The van der Waals surface area contributed by atoms with Gasteiger partial charge in [-0.25, -0.2) is 9.78 Å². The summed E-state index contributed by atoms with van der Waals surface area (Å²) in [5.41, 5.74) is 2.76. The van der Waals surface area contributed by atoms with E-state index in [1.807, 2.05) is 59.2 Å². The lowest BCUT2D eigenvalue weighted by Gasteiger charge is -2.08. The molecule has 3 aromatic rings. The Balaban J connectivity index is 1.53. The first-order valence-electron chi connectivity index (χ1n) is 8.76. The molecule has 0 bridgehead atoms. The van der Waals surface area contributed by atoms with E-state index >= 15 is 0 Å². The van der Waals surface area contributed by atoms with Crippen LogP contribution in [0.5, 0.6) is 0 Å². The quantitative estimate of drug-likeness (QED) is 0.540. The van der Waals surface area contributed by atoms with Crippen molar-refractivity contribution in [3.8, 4) is 5.69 Å². The van der Waals surface area contributed by atoms with Crippen molar-refractivity contribution < 1.29 is 4.79 Å². The summed E-state index contributed by atoms with van der Waals surface area (Å²) in [5.74, 6) is 0.490. The first-order valence-corrected chi connectivity index (χ1v) is 8.76. The molecule has 3 rings (SSSR count). The zero-order valence-corrected chi connectivity index (χ0v) is 14.8. The zero-order valence-electron chi connectivity index (χ0n) is 14.8. The van der Waals surface area contributed by atoms with Gasteiger partial charge in [0, 0.05) is 23.6 Å². The molecule has 0 atom stereocenters. The van der Waals surface area contributed by atoms with Gasteiger partial charge in [0.2, 0.25) is 0 Å². The van der Waals surface area contributed by atoms with E-state index in [2.05, 4.69) is 27.9 Å². The number of hydrogen-bond acceptors (Lipinski definition) is 3. The number of unbranched alkanes of at least 4 members (excludes halogenated alkanes) is 1. The van der Waals surface area contributed by atoms with Crippen molar-refractivity contribution in [2.45, 2.75) is 19.8 Å². The molecule has 26 heavy (non-hydrogen) atoms. The van der Waals surface area contributed by atoms with E-state index in [1.165, 1.54) is 0 Å². The summed E-state index contributed by atoms with van der Waals surface area (Å²) in [7, 11) is 0. The van der Waals surface area contributed by atoms with Crippen LogP contribution in [0.4, 0.5) is 22.0 Å². The first-order chi connectivity index (χ1) is 12.7.